The van der Waals surface area contributed by atoms with E-state index in [0.717, 1.165) is 12.6 Å². The molecular formula is C16H28N2S. The minimum atomic E-state index is 0.596. The van der Waals surface area contributed by atoms with Crippen LogP contribution in [0.1, 0.15) is 54.3 Å². The molecule has 1 saturated heterocycles. The molecule has 0 radical (unpaired) electrons. The number of aryl methyl sites for hydroxylation is 2. The molecule has 1 aliphatic heterocycles. The summed E-state index contributed by atoms with van der Waals surface area (Å²) in [6.07, 6.45) is 6.76. The first-order valence-electron chi connectivity index (χ1n) is 7.68. The Balaban J connectivity index is 1.72. The monoisotopic (exact) mass is 280 g/mol. The van der Waals surface area contributed by atoms with Gasteiger partial charge in [0.1, 0.15) is 0 Å². The van der Waals surface area contributed by atoms with E-state index in [1.807, 2.05) is 11.3 Å². The van der Waals surface area contributed by atoms with Gasteiger partial charge in [0.25, 0.3) is 0 Å². The fraction of sp³-hybridized carbons (Fsp3) is 0.750. The Kier molecular flexibility index (Phi) is 5.86. The van der Waals surface area contributed by atoms with Gasteiger partial charge in [-0.05, 0) is 58.2 Å². The maximum absolute atomic E-state index is 3.69. The van der Waals surface area contributed by atoms with Gasteiger partial charge in [-0.1, -0.05) is 12.8 Å². The van der Waals surface area contributed by atoms with Gasteiger partial charge >= 0.3 is 0 Å². The second kappa shape index (κ2) is 7.41. The van der Waals surface area contributed by atoms with Crippen LogP contribution in [0.2, 0.25) is 0 Å². The summed E-state index contributed by atoms with van der Waals surface area (Å²) < 4.78 is 0. The predicted octanol–water partition coefficient (Wildman–Crippen LogP) is 3.77. The summed E-state index contributed by atoms with van der Waals surface area (Å²) in [4.78, 5) is 2.92. The van der Waals surface area contributed by atoms with Crippen molar-refractivity contribution in [2.24, 2.45) is 0 Å². The third-order valence-corrected chi connectivity index (χ3v) is 5.29. The van der Waals surface area contributed by atoms with Crippen molar-refractivity contribution in [3.8, 4) is 0 Å². The molecular weight excluding hydrogens is 252 g/mol. The molecule has 0 amide bonds. The summed E-state index contributed by atoms with van der Waals surface area (Å²) in [5.41, 5.74) is 1.43. The number of nitrogens with one attached hydrogen (secondary N) is 2. The summed E-state index contributed by atoms with van der Waals surface area (Å²) in [6.45, 7) is 8.96. The first-order valence-corrected chi connectivity index (χ1v) is 8.49. The van der Waals surface area contributed by atoms with Crippen LogP contribution >= 0.6 is 11.3 Å². The van der Waals surface area contributed by atoms with Crippen molar-refractivity contribution < 1.29 is 0 Å². The maximum Gasteiger partial charge on any atom is 0.0302 e. The van der Waals surface area contributed by atoms with Crippen LogP contribution in [0.15, 0.2) is 6.07 Å². The van der Waals surface area contributed by atoms with Crippen molar-refractivity contribution >= 4 is 11.3 Å². The zero-order valence-corrected chi connectivity index (χ0v) is 13.4. The SMILES string of the molecule is Cc1cc(CNC(C)CC2CCCCCN2)sc1C. The molecule has 1 aliphatic rings. The van der Waals surface area contributed by atoms with Gasteiger partial charge in [0, 0.05) is 28.4 Å². The van der Waals surface area contributed by atoms with Gasteiger partial charge in [0.15, 0.2) is 0 Å². The summed E-state index contributed by atoms with van der Waals surface area (Å²) in [5.74, 6) is 0. The quantitative estimate of drug-likeness (QED) is 0.858. The van der Waals surface area contributed by atoms with Gasteiger partial charge in [-0.3, -0.25) is 0 Å². The largest absolute Gasteiger partial charge is 0.314 e. The Morgan fingerprint density at radius 3 is 2.95 bits per heavy atom. The van der Waals surface area contributed by atoms with E-state index in [2.05, 4.69) is 37.5 Å². The lowest BCUT2D eigenvalue weighted by Gasteiger charge is -2.21. The van der Waals surface area contributed by atoms with E-state index in [0.29, 0.717) is 6.04 Å². The number of hydrogen-bond acceptors (Lipinski definition) is 3. The highest BCUT2D eigenvalue weighted by molar-refractivity contribution is 7.12. The molecule has 108 valence electrons. The minimum absolute atomic E-state index is 0.596. The molecule has 1 fully saturated rings. The van der Waals surface area contributed by atoms with Crippen LogP contribution in [0, 0.1) is 13.8 Å². The van der Waals surface area contributed by atoms with Crippen molar-refractivity contribution in [3.63, 3.8) is 0 Å². The Morgan fingerprint density at radius 2 is 2.21 bits per heavy atom. The van der Waals surface area contributed by atoms with Gasteiger partial charge in [-0.15, -0.1) is 11.3 Å². The average molecular weight is 280 g/mol. The summed E-state index contributed by atoms with van der Waals surface area (Å²) in [5, 5.41) is 7.36. The van der Waals surface area contributed by atoms with Crippen LogP contribution in [0.4, 0.5) is 0 Å². The molecule has 0 aliphatic carbocycles. The molecule has 2 heterocycles. The van der Waals surface area contributed by atoms with Gasteiger partial charge in [-0.2, -0.15) is 0 Å². The molecule has 1 aromatic rings. The van der Waals surface area contributed by atoms with E-state index in [-0.39, 0.29) is 0 Å². The van der Waals surface area contributed by atoms with Crippen LogP contribution in [0.25, 0.3) is 0 Å². The normalized spacial score (nSPS) is 22.2. The zero-order chi connectivity index (χ0) is 13.7. The molecule has 2 N–H and O–H groups in total. The summed E-state index contributed by atoms with van der Waals surface area (Å²) in [6, 6.07) is 3.64. The second-order valence-corrected chi connectivity index (χ2v) is 7.31. The van der Waals surface area contributed by atoms with Crippen LogP contribution in [-0.2, 0) is 6.54 Å². The minimum Gasteiger partial charge on any atom is -0.314 e. The molecule has 3 heteroatoms. The highest BCUT2D eigenvalue weighted by atomic mass is 32.1. The summed E-state index contributed by atoms with van der Waals surface area (Å²) in [7, 11) is 0. The molecule has 2 atom stereocenters. The van der Waals surface area contributed by atoms with Gasteiger partial charge in [0.2, 0.25) is 0 Å². The third-order valence-electron chi connectivity index (χ3n) is 4.14. The van der Waals surface area contributed by atoms with E-state index in [1.165, 1.54) is 54.0 Å². The lowest BCUT2D eigenvalue weighted by molar-refractivity contribution is 0.403. The molecule has 1 aromatic heterocycles. The van der Waals surface area contributed by atoms with Crippen molar-refractivity contribution in [3.05, 3.63) is 21.4 Å². The molecule has 2 rings (SSSR count). The lowest BCUT2D eigenvalue weighted by atomic mass is 10.0. The molecule has 0 bridgehead atoms. The van der Waals surface area contributed by atoms with Crippen molar-refractivity contribution in [1.29, 1.82) is 0 Å². The van der Waals surface area contributed by atoms with E-state index in [1.54, 1.807) is 0 Å². The van der Waals surface area contributed by atoms with Crippen LogP contribution < -0.4 is 10.6 Å². The zero-order valence-electron chi connectivity index (χ0n) is 12.6. The van der Waals surface area contributed by atoms with E-state index < -0.39 is 0 Å². The highest BCUT2D eigenvalue weighted by Crippen LogP contribution is 2.20. The first kappa shape index (κ1) is 15.0. The number of rotatable bonds is 5. The van der Waals surface area contributed by atoms with E-state index in [9.17, 15) is 0 Å². The molecule has 0 spiro atoms. The maximum atomic E-state index is 3.69. The Morgan fingerprint density at radius 1 is 1.37 bits per heavy atom. The average Bonchev–Trinajstić information content (AvgIpc) is 2.58. The second-order valence-electron chi connectivity index (χ2n) is 5.97. The Bertz CT molecular complexity index is 359. The predicted molar refractivity (Wildman–Crippen MR) is 85.0 cm³/mol. The first-order chi connectivity index (χ1) is 9.15. The van der Waals surface area contributed by atoms with Crippen molar-refractivity contribution in [2.45, 2.75) is 71.5 Å². The summed E-state index contributed by atoms with van der Waals surface area (Å²) >= 11 is 1.93. The standard InChI is InChI=1S/C16H28N2S/c1-12-9-16(19-14(12)3)11-18-13(2)10-15-7-5-4-6-8-17-15/h9,13,15,17-18H,4-8,10-11H2,1-3H3. The lowest BCUT2D eigenvalue weighted by Crippen LogP contribution is -2.36. The number of thiophene rings is 1. The van der Waals surface area contributed by atoms with E-state index >= 15 is 0 Å². The fourth-order valence-corrected chi connectivity index (χ4v) is 3.83. The molecule has 2 unspecified atom stereocenters. The van der Waals surface area contributed by atoms with Crippen LogP contribution in [0.3, 0.4) is 0 Å². The Labute approximate surface area is 122 Å². The topological polar surface area (TPSA) is 24.1 Å². The molecule has 0 saturated carbocycles. The van der Waals surface area contributed by atoms with Crippen molar-refractivity contribution in [1.82, 2.24) is 10.6 Å². The molecule has 2 nitrogen and oxygen atoms in total. The van der Waals surface area contributed by atoms with Gasteiger partial charge < -0.3 is 10.6 Å². The Hall–Kier alpha value is -0.380. The molecule has 19 heavy (non-hydrogen) atoms. The fourth-order valence-electron chi connectivity index (χ4n) is 2.82. The smallest absolute Gasteiger partial charge is 0.0302 e. The van der Waals surface area contributed by atoms with Gasteiger partial charge in [0.05, 0.1) is 0 Å². The molecule has 0 aromatic carbocycles. The van der Waals surface area contributed by atoms with Crippen LogP contribution in [-0.4, -0.2) is 18.6 Å². The number of hydrogen-bond donors (Lipinski definition) is 2. The van der Waals surface area contributed by atoms with E-state index in [4.69, 9.17) is 0 Å². The van der Waals surface area contributed by atoms with Gasteiger partial charge in [-0.25, -0.2) is 0 Å². The third kappa shape index (κ3) is 4.90. The van der Waals surface area contributed by atoms with Crippen LogP contribution in [0.5, 0.6) is 0 Å². The van der Waals surface area contributed by atoms with Crippen molar-refractivity contribution in [2.75, 3.05) is 6.54 Å². The highest BCUT2D eigenvalue weighted by Gasteiger charge is 2.14.